The Morgan fingerprint density at radius 1 is 0.531 bits per heavy atom. The van der Waals surface area contributed by atoms with Gasteiger partial charge in [0, 0.05) is 37.9 Å². The van der Waals surface area contributed by atoms with Crippen LogP contribution in [0.5, 0.6) is 0 Å². The van der Waals surface area contributed by atoms with Crippen LogP contribution in [-0.2, 0) is 0 Å². The third-order valence-corrected chi connectivity index (χ3v) is 9.77. The Hall–Kier alpha value is -7.08. The summed E-state index contributed by atoms with van der Waals surface area (Å²) in [7, 11) is 0. The highest BCUT2D eigenvalue weighted by molar-refractivity contribution is 6.21. The van der Waals surface area contributed by atoms with Gasteiger partial charge in [-0.25, -0.2) is 4.85 Å². The number of para-hydroxylation sites is 4. The lowest BCUT2D eigenvalue weighted by molar-refractivity contribution is 0.671. The van der Waals surface area contributed by atoms with Crippen LogP contribution in [0.25, 0.3) is 92.9 Å². The molecular weight excluding hydrogens is 601 g/mol. The van der Waals surface area contributed by atoms with Gasteiger partial charge in [0.1, 0.15) is 5.58 Å². The molecule has 3 aromatic heterocycles. The van der Waals surface area contributed by atoms with Gasteiger partial charge in [-0.2, -0.15) is 5.26 Å². The molecule has 0 fully saturated rings. The summed E-state index contributed by atoms with van der Waals surface area (Å²) in [4.78, 5) is 3.86. The predicted octanol–water partition coefficient (Wildman–Crippen LogP) is 11.9. The highest BCUT2D eigenvalue weighted by Gasteiger charge is 2.23. The van der Waals surface area contributed by atoms with E-state index in [9.17, 15) is 5.26 Å². The average molecular weight is 625 g/mol. The molecule has 0 aliphatic heterocycles. The first kappa shape index (κ1) is 27.1. The van der Waals surface area contributed by atoms with E-state index in [0.717, 1.165) is 88.1 Å². The van der Waals surface area contributed by atoms with E-state index in [1.54, 1.807) is 0 Å². The van der Waals surface area contributed by atoms with Crippen molar-refractivity contribution in [3.63, 3.8) is 0 Å². The Bertz CT molecular complexity index is 3030. The maximum atomic E-state index is 10.2. The first-order valence-electron chi connectivity index (χ1n) is 16.1. The number of furan rings is 1. The van der Waals surface area contributed by atoms with Crippen molar-refractivity contribution in [3.8, 4) is 28.6 Å². The number of nitrogens with zero attached hydrogens (tertiary/aromatic N) is 4. The molecule has 0 unspecified atom stereocenters. The van der Waals surface area contributed by atoms with E-state index in [2.05, 4.69) is 111 Å². The molecule has 0 radical (unpaired) electrons. The largest absolute Gasteiger partial charge is 0.454 e. The van der Waals surface area contributed by atoms with E-state index in [1.165, 1.54) is 0 Å². The number of fused-ring (bicyclic) bond motifs is 10. The quantitative estimate of drug-likeness (QED) is 0.184. The Morgan fingerprint density at radius 3 is 1.78 bits per heavy atom. The number of aromatic nitrogens is 2. The van der Waals surface area contributed by atoms with Crippen LogP contribution in [0, 0.1) is 17.9 Å². The van der Waals surface area contributed by atoms with Crippen molar-refractivity contribution in [2.24, 2.45) is 0 Å². The van der Waals surface area contributed by atoms with Gasteiger partial charge in [-0.3, -0.25) is 0 Å². The molecule has 0 atom stereocenters. The Morgan fingerprint density at radius 2 is 1.08 bits per heavy atom. The Labute approximate surface area is 280 Å². The number of hydrogen-bond donors (Lipinski definition) is 0. The average Bonchev–Trinajstić information content (AvgIpc) is 3.82. The third kappa shape index (κ3) is 3.79. The second-order valence-corrected chi connectivity index (χ2v) is 12.3. The van der Waals surface area contributed by atoms with Crippen molar-refractivity contribution in [2.45, 2.75) is 0 Å². The van der Waals surface area contributed by atoms with E-state index in [0.29, 0.717) is 11.3 Å². The fraction of sp³-hybridized carbons (Fsp3) is 0. The second-order valence-electron chi connectivity index (χ2n) is 12.3. The SMILES string of the molecule is [C-]#[N+]c1ccc(-n2c3ccccc3c3ccccc32)c(-c2cc(C#N)ccc2-n2c3ccccc3c3ccc4c5ccccc5oc4c32)c1. The standard InChI is InChI=1S/C44H24N4O/c1-46-28-19-23-40(47-37-14-6-2-10-29(37)30-11-3-7-15-38(30)47)36(25-28)35-24-27(26-45)18-22-41(35)48-39-16-8-4-12-31(39)33-20-21-34-32-13-5-9-17-42(32)49-44(34)43(33)48/h2-25H. The highest BCUT2D eigenvalue weighted by Crippen LogP contribution is 2.44. The van der Waals surface area contributed by atoms with E-state index in [-0.39, 0.29) is 0 Å². The monoisotopic (exact) mass is 624 g/mol. The molecule has 0 amide bonds. The van der Waals surface area contributed by atoms with Gasteiger partial charge in [-0.15, -0.1) is 0 Å². The zero-order valence-electron chi connectivity index (χ0n) is 26.1. The molecule has 0 spiro atoms. The topological polar surface area (TPSA) is 51.1 Å². The van der Waals surface area contributed by atoms with Crippen molar-refractivity contribution in [2.75, 3.05) is 0 Å². The minimum absolute atomic E-state index is 0.523. The summed E-state index contributed by atoms with van der Waals surface area (Å²) in [5.41, 5.74) is 10.3. The lowest BCUT2D eigenvalue weighted by atomic mass is 9.98. The molecule has 0 aliphatic rings. The molecule has 5 nitrogen and oxygen atoms in total. The fourth-order valence-corrected chi connectivity index (χ4v) is 7.68. The van der Waals surface area contributed by atoms with Gasteiger partial charge in [-0.05, 0) is 66.2 Å². The molecule has 0 saturated carbocycles. The number of rotatable bonds is 3. The smallest absolute Gasteiger partial charge is 0.188 e. The number of hydrogen-bond acceptors (Lipinski definition) is 2. The van der Waals surface area contributed by atoms with Crippen molar-refractivity contribution in [1.82, 2.24) is 9.13 Å². The van der Waals surface area contributed by atoms with Gasteiger partial charge in [-0.1, -0.05) is 84.9 Å². The molecular formula is C44H24N4O. The van der Waals surface area contributed by atoms with Crippen LogP contribution in [0.4, 0.5) is 5.69 Å². The van der Waals surface area contributed by atoms with E-state index in [1.807, 2.05) is 54.6 Å². The minimum Gasteiger partial charge on any atom is -0.454 e. The molecule has 5 heteroatoms. The van der Waals surface area contributed by atoms with Gasteiger partial charge in [0.05, 0.1) is 51.6 Å². The van der Waals surface area contributed by atoms with Gasteiger partial charge in [0.15, 0.2) is 11.3 Å². The molecule has 49 heavy (non-hydrogen) atoms. The van der Waals surface area contributed by atoms with E-state index < -0.39 is 0 Å². The molecule has 0 aliphatic carbocycles. The van der Waals surface area contributed by atoms with E-state index in [4.69, 9.17) is 11.0 Å². The van der Waals surface area contributed by atoms with Crippen LogP contribution in [0.3, 0.4) is 0 Å². The molecule has 226 valence electrons. The molecule has 10 rings (SSSR count). The van der Waals surface area contributed by atoms with Crippen molar-refractivity contribution in [1.29, 1.82) is 5.26 Å². The summed E-state index contributed by atoms with van der Waals surface area (Å²) in [6.07, 6.45) is 0. The van der Waals surface area contributed by atoms with Crippen molar-refractivity contribution >= 4 is 71.2 Å². The molecule has 0 saturated heterocycles. The summed E-state index contributed by atoms with van der Waals surface area (Å²) >= 11 is 0. The summed E-state index contributed by atoms with van der Waals surface area (Å²) in [6.45, 7) is 7.99. The van der Waals surface area contributed by atoms with Crippen LogP contribution in [-0.4, -0.2) is 9.13 Å². The summed E-state index contributed by atoms with van der Waals surface area (Å²) in [6, 6.07) is 51.8. The third-order valence-electron chi connectivity index (χ3n) is 9.77. The lowest BCUT2D eigenvalue weighted by Crippen LogP contribution is -2.02. The first-order chi connectivity index (χ1) is 24.2. The molecule has 0 N–H and O–H groups in total. The summed E-state index contributed by atoms with van der Waals surface area (Å²) in [5.74, 6) is 0. The maximum absolute atomic E-state index is 10.2. The molecule has 3 heterocycles. The van der Waals surface area contributed by atoms with Gasteiger partial charge in [0.2, 0.25) is 0 Å². The summed E-state index contributed by atoms with van der Waals surface area (Å²) < 4.78 is 11.2. The van der Waals surface area contributed by atoms with Crippen LogP contribution in [0.1, 0.15) is 5.56 Å². The minimum atomic E-state index is 0.523. The van der Waals surface area contributed by atoms with Crippen LogP contribution < -0.4 is 0 Å². The maximum Gasteiger partial charge on any atom is 0.188 e. The van der Waals surface area contributed by atoms with Gasteiger partial charge < -0.3 is 13.6 Å². The molecule has 7 aromatic carbocycles. The second kappa shape index (κ2) is 10.2. The summed E-state index contributed by atoms with van der Waals surface area (Å²) in [5, 5.41) is 16.8. The molecule has 0 bridgehead atoms. The zero-order valence-corrected chi connectivity index (χ0v) is 26.1. The lowest BCUT2D eigenvalue weighted by Gasteiger charge is -2.19. The van der Waals surface area contributed by atoms with Gasteiger partial charge in [0.25, 0.3) is 0 Å². The Balaban J connectivity index is 1.37. The number of nitriles is 1. The van der Waals surface area contributed by atoms with Crippen LogP contribution in [0.15, 0.2) is 150 Å². The fourth-order valence-electron chi connectivity index (χ4n) is 7.68. The zero-order chi connectivity index (χ0) is 32.6. The predicted molar refractivity (Wildman–Crippen MR) is 199 cm³/mol. The van der Waals surface area contributed by atoms with Gasteiger partial charge >= 0.3 is 0 Å². The van der Waals surface area contributed by atoms with Crippen LogP contribution >= 0.6 is 0 Å². The van der Waals surface area contributed by atoms with Crippen molar-refractivity contribution < 1.29 is 4.42 Å². The normalized spacial score (nSPS) is 11.6. The van der Waals surface area contributed by atoms with Crippen LogP contribution in [0.2, 0.25) is 0 Å². The first-order valence-corrected chi connectivity index (χ1v) is 16.1. The Kier molecular flexibility index (Phi) is 5.64. The van der Waals surface area contributed by atoms with Crippen molar-refractivity contribution in [3.05, 3.63) is 163 Å². The highest BCUT2D eigenvalue weighted by atomic mass is 16.3. The number of benzene rings is 7. The van der Waals surface area contributed by atoms with E-state index >= 15 is 0 Å². The molecule has 10 aromatic rings.